The number of amides is 1. The second-order valence-corrected chi connectivity index (χ2v) is 6.92. The summed E-state index contributed by atoms with van der Waals surface area (Å²) in [6, 6.07) is 4.34. The molecule has 0 bridgehead atoms. The monoisotopic (exact) mass is 312 g/mol. The highest BCUT2D eigenvalue weighted by molar-refractivity contribution is 7.89. The van der Waals surface area contributed by atoms with Gasteiger partial charge in [-0.05, 0) is 49.4 Å². The number of primary sulfonamides is 1. The Morgan fingerprint density at radius 1 is 1.38 bits per heavy atom. The van der Waals surface area contributed by atoms with E-state index in [0.717, 1.165) is 6.61 Å². The van der Waals surface area contributed by atoms with Gasteiger partial charge in [0, 0.05) is 18.7 Å². The third-order valence-electron chi connectivity index (χ3n) is 3.22. The van der Waals surface area contributed by atoms with Gasteiger partial charge in [0.2, 0.25) is 10.0 Å². The molecule has 1 amide bonds. The molecule has 0 radical (unpaired) electrons. The summed E-state index contributed by atoms with van der Waals surface area (Å²) < 4.78 is 28.1. The number of aryl methyl sites for hydroxylation is 1. The number of rotatable bonds is 7. The number of hydrogen-bond acceptors (Lipinski definition) is 4. The van der Waals surface area contributed by atoms with Crippen molar-refractivity contribution < 1.29 is 17.9 Å². The van der Waals surface area contributed by atoms with E-state index in [1.807, 2.05) is 0 Å². The van der Waals surface area contributed by atoms with Crippen LogP contribution in [-0.4, -0.2) is 34.1 Å². The fourth-order valence-electron chi connectivity index (χ4n) is 1.92. The zero-order valence-corrected chi connectivity index (χ0v) is 12.8. The first kappa shape index (κ1) is 15.9. The molecule has 1 aliphatic rings. The van der Waals surface area contributed by atoms with Crippen LogP contribution in [0.4, 0.5) is 0 Å². The quantitative estimate of drug-likeness (QED) is 0.727. The first-order valence-corrected chi connectivity index (χ1v) is 8.41. The number of nitrogens with two attached hydrogens (primary N) is 1. The van der Waals surface area contributed by atoms with Crippen LogP contribution in [-0.2, 0) is 14.8 Å². The van der Waals surface area contributed by atoms with Gasteiger partial charge < -0.3 is 10.1 Å². The highest BCUT2D eigenvalue weighted by Gasteiger charge is 2.21. The largest absolute Gasteiger partial charge is 0.379 e. The Kier molecular flexibility index (Phi) is 4.97. The number of hydrogen-bond donors (Lipinski definition) is 2. The van der Waals surface area contributed by atoms with Gasteiger partial charge in [0.15, 0.2) is 0 Å². The highest BCUT2D eigenvalue weighted by atomic mass is 32.2. The smallest absolute Gasteiger partial charge is 0.251 e. The molecule has 0 aromatic heterocycles. The van der Waals surface area contributed by atoms with Crippen molar-refractivity contribution in [3.05, 3.63) is 29.3 Å². The van der Waals surface area contributed by atoms with E-state index in [1.165, 1.54) is 25.0 Å². The van der Waals surface area contributed by atoms with Crippen LogP contribution in [0.3, 0.4) is 0 Å². The molecule has 0 aliphatic heterocycles. The lowest BCUT2D eigenvalue weighted by Crippen LogP contribution is -2.28. The van der Waals surface area contributed by atoms with Gasteiger partial charge in [-0.2, -0.15) is 0 Å². The van der Waals surface area contributed by atoms with E-state index in [4.69, 9.17) is 9.88 Å². The van der Waals surface area contributed by atoms with Crippen LogP contribution in [0.5, 0.6) is 0 Å². The van der Waals surface area contributed by atoms with E-state index in [1.54, 1.807) is 13.0 Å². The first-order valence-electron chi connectivity index (χ1n) is 6.86. The number of nitrogens with one attached hydrogen (secondary N) is 1. The first-order chi connectivity index (χ1) is 9.86. The molecule has 0 spiro atoms. The standard InChI is InChI=1S/C14H20N2O4S/c1-10-6-12(8-13(7-10)21(15,18)19)14(17)16-4-5-20-9-11-2-3-11/h6-8,11H,2-5,9H2,1H3,(H,16,17)(H2,15,18,19). The molecule has 1 fully saturated rings. The van der Waals surface area contributed by atoms with Crippen LogP contribution in [0.1, 0.15) is 28.8 Å². The predicted molar refractivity (Wildman–Crippen MR) is 78.4 cm³/mol. The van der Waals surface area contributed by atoms with Gasteiger partial charge >= 0.3 is 0 Å². The Morgan fingerprint density at radius 2 is 2.10 bits per heavy atom. The van der Waals surface area contributed by atoms with Crippen molar-refractivity contribution in [1.82, 2.24) is 5.32 Å². The fourth-order valence-corrected chi connectivity index (χ4v) is 2.56. The van der Waals surface area contributed by atoms with E-state index in [-0.39, 0.29) is 16.4 Å². The maximum Gasteiger partial charge on any atom is 0.251 e. The Bertz CT molecular complexity index is 624. The SMILES string of the molecule is Cc1cc(C(=O)NCCOCC2CC2)cc(S(N)(=O)=O)c1. The van der Waals surface area contributed by atoms with Crippen LogP contribution >= 0.6 is 0 Å². The molecule has 116 valence electrons. The Morgan fingerprint density at radius 3 is 2.71 bits per heavy atom. The molecule has 1 aliphatic carbocycles. The maximum atomic E-state index is 12.0. The summed E-state index contributed by atoms with van der Waals surface area (Å²) in [7, 11) is -3.82. The molecule has 2 rings (SSSR count). The van der Waals surface area contributed by atoms with Crippen LogP contribution < -0.4 is 10.5 Å². The number of carbonyl (C=O) groups is 1. The zero-order chi connectivity index (χ0) is 15.5. The Hall–Kier alpha value is -1.44. The lowest BCUT2D eigenvalue weighted by Gasteiger charge is -2.08. The lowest BCUT2D eigenvalue weighted by atomic mass is 10.1. The normalized spacial score (nSPS) is 15.0. The van der Waals surface area contributed by atoms with Crippen LogP contribution in [0.25, 0.3) is 0 Å². The van der Waals surface area contributed by atoms with Crippen molar-refractivity contribution in [2.45, 2.75) is 24.7 Å². The number of benzene rings is 1. The van der Waals surface area contributed by atoms with E-state index in [2.05, 4.69) is 5.32 Å². The van der Waals surface area contributed by atoms with Crippen molar-refractivity contribution >= 4 is 15.9 Å². The summed E-state index contributed by atoms with van der Waals surface area (Å²) in [6.45, 7) is 3.31. The van der Waals surface area contributed by atoms with Crippen molar-refractivity contribution in [1.29, 1.82) is 0 Å². The summed E-state index contributed by atoms with van der Waals surface area (Å²) in [5.74, 6) is 0.355. The average Bonchev–Trinajstić information content (AvgIpc) is 3.20. The van der Waals surface area contributed by atoms with Gasteiger partial charge in [-0.1, -0.05) is 0 Å². The van der Waals surface area contributed by atoms with Crippen molar-refractivity contribution in [2.24, 2.45) is 11.1 Å². The van der Waals surface area contributed by atoms with Crippen molar-refractivity contribution in [3.63, 3.8) is 0 Å². The summed E-state index contributed by atoms with van der Waals surface area (Å²) in [5, 5.41) is 7.79. The fraction of sp³-hybridized carbons (Fsp3) is 0.500. The Balaban J connectivity index is 1.90. The second-order valence-electron chi connectivity index (χ2n) is 5.35. The van der Waals surface area contributed by atoms with Gasteiger partial charge in [-0.3, -0.25) is 4.79 Å². The molecule has 1 saturated carbocycles. The molecular formula is C14H20N2O4S. The molecule has 21 heavy (non-hydrogen) atoms. The van der Waals surface area contributed by atoms with Crippen LogP contribution in [0.15, 0.2) is 23.1 Å². The molecular weight excluding hydrogens is 292 g/mol. The average molecular weight is 312 g/mol. The van der Waals surface area contributed by atoms with Crippen LogP contribution in [0.2, 0.25) is 0 Å². The highest BCUT2D eigenvalue weighted by Crippen LogP contribution is 2.28. The van der Waals surface area contributed by atoms with Crippen molar-refractivity contribution in [2.75, 3.05) is 19.8 Å². The maximum absolute atomic E-state index is 12.0. The summed E-state index contributed by atoms with van der Waals surface area (Å²) >= 11 is 0. The lowest BCUT2D eigenvalue weighted by molar-refractivity contribution is 0.0906. The van der Waals surface area contributed by atoms with Gasteiger partial charge in [0.1, 0.15) is 0 Å². The van der Waals surface area contributed by atoms with E-state index in [9.17, 15) is 13.2 Å². The minimum atomic E-state index is -3.82. The molecule has 0 atom stereocenters. The van der Waals surface area contributed by atoms with Gasteiger partial charge in [0.05, 0.1) is 11.5 Å². The second kappa shape index (κ2) is 6.55. The number of ether oxygens (including phenoxy) is 1. The summed E-state index contributed by atoms with van der Waals surface area (Å²) in [6.07, 6.45) is 2.46. The minimum Gasteiger partial charge on any atom is -0.379 e. The topological polar surface area (TPSA) is 98.5 Å². The van der Waals surface area contributed by atoms with Gasteiger partial charge in [-0.15, -0.1) is 0 Å². The molecule has 0 saturated heterocycles. The molecule has 1 aromatic rings. The molecule has 1 aromatic carbocycles. The summed E-state index contributed by atoms with van der Waals surface area (Å²) in [5.41, 5.74) is 0.942. The molecule has 0 heterocycles. The van der Waals surface area contributed by atoms with E-state index in [0.29, 0.717) is 24.6 Å². The van der Waals surface area contributed by atoms with E-state index < -0.39 is 10.0 Å². The minimum absolute atomic E-state index is 0.0577. The molecule has 6 nitrogen and oxygen atoms in total. The third kappa shape index (κ3) is 5.11. The summed E-state index contributed by atoms with van der Waals surface area (Å²) in [4.78, 5) is 11.9. The molecule has 3 N–H and O–H groups in total. The predicted octanol–water partition coefficient (Wildman–Crippen LogP) is 0.799. The number of carbonyl (C=O) groups excluding carboxylic acids is 1. The third-order valence-corrected chi connectivity index (χ3v) is 4.12. The molecule has 0 unspecified atom stereocenters. The van der Waals surface area contributed by atoms with Gasteiger partial charge in [-0.25, -0.2) is 13.6 Å². The van der Waals surface area contributed by atoms with E-state index >= 15 is 0 Å². The molecule has 7 heteroatoms. The number of sulfonamides is 1. The Labute approximate surface area is 124 Å². The zero-order valence-electron chi connectivity index (χ0n) is 12.0. The van der Waals surface area contributed by atoms with Crippen molar-refractivity contribution in [3.8, 4) is 0 Å². The van der Waals surface area contributed by atoms with Gasteiger partial charge in [0.25, 0.3) is 5.91 Å². The van der Waals surface area contributed by atoms with Crippen LogP contribution in [0, 0.1) is 12.8 Å².